The molecule has 6 nitrogen and oxygen atoms in total. The number of aliphatic imine (C=N–C) groups is 1. The van der Waals surface area contributed by atoms with Crippen molar-refractivity contribution in [1.82, 2.24) is 5.32 Å². The SMILES string of the molecule is CC(C)N1C(=O)C(NC(=O)[C@H](N)Cc2ccccc2)N=C(c2ccccc2)c2ccccc21. The number of carbonyl (C=O) groups is 2. The van der Waals surface area contributed by atoms with E-state index in [2.05, 4.69) is 5.32 Å². The van der Waals surface area contributed by atoms with Crippen LogP contribution in [0.15, 0.2) is 89.9 Å². The van der Waals surface area contributed by atoms with Gasteiger partial charge in [0, 0.05) is 17.2 Å². The van der Waals surface area contributed by atoms with E-state index in [-0.39, 0.29) is 11.9 Å². The zero-order valence-electron chi connectivity index (χ0n) is 18.8. The molecule has 3 aromatic rings. The van der Waals surface area contributed by atoms with Gasteiger partial charge in [0.15, 0.2) is 0 Å². The second kappa shape index (κ2) is 9.79. The van der Waals surface area contributed by atoms with Gasteiger partial charge in [-0.1, -0.05) is 78.9 Å². The number of nitrogens with one attached hydrogen (secondary N) is 1. The maximum atomic E-state index is 13.6. The number of hydrogen-bond acceptors (Lipinski definition) is 4. The Morgan fingerprint density at radius 2 is 1.58 bits per heavy atom. The molecular weight excluding hydrogens is 412 g/mol. The fourth-order valence-electron chi connectivity index (χ4n) is 4.04. The summed E-state index contributed by atoms with van der Waals surface area (Å²) in [6.07, 6.45) is -0.707. The monoisotopic (exact) mass is 440 g/mol. The minimum absolute atomic E-state index is 0.124. The summed E-state index contributed by atoms with van der Waals surface area (Å²) in [7, 11) is 0. The van der Waals surface area contributed by atoms with Crippen molar-refractivity contribution in [1.29, 1.82) is 0 Å². The molecule has 4 rings (SSSR count). The number of rotatable bonds is 6. The third-order valence-corrected chi connectivity index (χ3v) is 5.63. The fraction of sp³-hybridized carbons (Fsp3) is 0.222. The molecule has 2 atom stereocenters. The Labute approximate surface area is 194 Å². The van der Waals surface area contributed by atoms with Crippen LogP contribution < -0.4 is 16.0 Å². The summed E-state index contributed by atoms with van der Waals surface area (Å²) < 4.78 is 0. The number of benzene rings is 3. The summed E-state index contributed by atoms with van der Waals surface area (Å²) in [4.78, 5) is 33.1. The van der Waals surface area contributed by atoms with E-state index in [4.69, 9.17) is 10.7 Å². The number of benzodiazepines with no additional fused rings is 1. The Morgan fingerprint density at radius 3 is 2.24 bits per heavy atom. The van der Waals surface area contributed by atoms with Crippen LogP contribution in [-0.4, -0.2) is 35.8 Å². The summed E-state index contributed by atoms with van der Waals surface area (Å²) in [6.45, 7) is 3.89. The Morgan fingerprint density at radius 1 is 0.970 bits per heavy atom. The maximum absolute atomic E-state index is 13.6. The van der Waals surface area contributed by atoms with E-state index >= 15 is 0 Å². The Kier molecular flexibility index (Phi) is 6.66. The van der Waals surface area contributed by atoms with E-state index in [1.807, 2.05) is 98.8 Å². The number of nitrogens with two attached hydrogens (primary N) is 1. The average Bonchev–Trinajstić information content (AvgIpc) is 2.94. The molecule has 1 heterocycles. The largest absolute Gasteiger partial charge is 0.325 e. The van der Waals surface area contributed by atoms with Crippen molar-refractivity contribution < 1.29 is 9.59 Å². The first kappa shape index (κ1) is 22.4. The Hall–Kier alpha value is -3.77. The fourth-order valence-corrected chi connectivity index (χ4v) is 4.04. The van der Waals surface area contributed by atoms with Crippen molar-refractivity contribution >= 4 is 23.2 Å². The van der Waals surface area contributed by atoms with Crippen molar-refractivity contribution in [2.24, 2.45) is 10.7 Å². The molecule has 2 amide bonds. The van der Waals surface area contributed by atoms with Gasteiger partial charge in [0.2, 0.25) is 12.1 Å². The molecule has 0 saturated carbocycles. The van der Waals surface area contributed by atoms with E-state index in [9.17, 15) is 9.59 Å². The quantitative estimate of drug-likeness (QED) is 0.617. The van der Waals surface area contributed by atoms with Gasteiger partial charge in [0.1, 0.15) is 0 Å². The van der Waals surface area contributed by atoms with Gasteiger partial charge in [0.05, 0.1) is 17.4 Å². The van der Waals surface area contributed by atoms with Crippen LogP contribution in [0, 0.1) is 0 Å². The van der Waals surface area contributed by atoms with Crippen molar-refractivity contribution in [3.63, 3.8) is 0 Å². The average molecular weight is 441 g/mol. The second-order valence-electron chi connectivity index (χ2n) is 8.37. The number of fused-ring (bicyclic) bond motifs is 1. The molecule has 0 radical (unpaired) electrons. The second-order valence-corrected chi connectivity index (χ2v) is 8.37. The summed E-state index contributed by atoms with van der Waals surface area (Å²) in [5.74, 6) is -0.702. The summed E-state index contributed by atoms with van der Waals surface area (Å²) >= 11 is 0. The molecule has 0 aromatic heterocycles. The molecule has 3 aromatic carbocycles. The zero-order valence-corrected chi connectivity index (χ0v) is 18.8. The van der Waals surface area contributed by atoms with Crippen LogP contribution in [-0.2, 0) is 16.0 Å². The van der Waals surface area contributed by atoms with Gasteiger partial charge in [-0.05, 0) is 31.9 Å². The molecule has 168 valence electrons. The van der Waals surface area contributed by atoms with E-state index in [0.717, 1.165) is 22.4 Å². The highest BCUT2D eigenvalue weighted by Gasteiger charge is 2.35. The van der Waals surface area contributed by atoms with Crippen molar-refractivity contribution in [2.75, 3.05) is 4.90 Å². The number of anilines is 1. The van der Waals surface area contributed by atoms with Crippen LogP contribution in [0.4, 0.5) is 5.69 Å². The maximum Gasteiger partial charge on any atom is 0.272 e. The van der Waals surface area contributed by atoms with Gasteiger partial charge in [-0.25, -0.2) is 4.99 Å². The standard InChI is InChI=1S/C27H28N4O2/c1-18(2)31-23-16-10-9-15-21(23)24(20-13-7-4-8-14-20)29-25(27(31)33)30-26(32)22(28)17-19-11-5-3-6-12-19/h3-16,18,22,25H,17,28H2,1-2H3,(H,30,32)/t22-,25?/m1/s1. The number of nitrogens with zero attached hydrogens (tertiary/aromatic N) is 2. The van der Waals surface area contributed by atoms with Crippen LogP contribution >= 0.6 is 0 Å². The van der Waals surface area contributed by atoms with Crippen molar-refractivity contribution in [2.45, 2.75) is 38.5 Å². The topological polar surface area (TPSA) is 87.8 Å². The molecule has 3 N–H and O–H groups in total. The molecular formula is C27H28N4O2. The van der Waals surface area contributed by atoms with E-state index in [1.165, 1.54) is 0 Å². The molecule has 6 heteroatoms. The predicted molar refractivity (Wildman–Crippen MR) is 131 cm³/mol. The van der Waals surface area contributed by atoms with Crippen molar-refractivity contribution in [3.8, 4) is 0 Å². The van der Waals surface area contributed by atoms with Gasteiger partial charge in [-0.15, -0.1) is 0 Å². The summed E-state index contributed by atoms with van der Waals surface area (Å²) in [5, 5.41) is 2.81. The first-order valence-electron chi connectivity index (χ1n) is 11.1. The van der Waals surface area contributed by atoms with Crippen LogP contribution in [0.25, 0.3) is 0 Å². The first-order valence-corrected chi connectivity index (χ1v) is 11.1. The molecule has 1 unspecified atom stereocenters. The number of carbonyl (C=O) groups excluding carboxylic acids is 2. The van der Waals surface area contributed by atoms with Crippen LogP contribution in [0.1, 0.15) is 30.5 Å². The lowest BCUT2D eigenvalue weighted by molar-refractivity contribution is -0.128. The van der Waals surface area contributed by atoms with E-state index < -0.39 is 18.1 Å². The van der Waals surface area contributed by atoms with Gasteiger partial charge >= 0.3 is 0 Å². The molecule has 33 heavy (non-hydrogen) atoms. The lowest BCUT2D eigenvalue weighted by Gasteiger charge is -2.29. The third-order valence-electron chi connectivity index (χ3n) is 5.63. The molecule has 1 aliphatic rings. The normalized spacial score (nSPS) is 16.6. The highest BCUT2D eigenvalue weighted by molar-refractivity contribution is 6.20. The molecule has 0 bridgehead atoms. The lowest BCUT2D eigenvalue weighted by atomic mass is 10.00. The van der Waals surface area contributed by atoms with Gasteiger partial charge in [-0.2, -0.15) is 0 Å². The zero-order chi connectivity index (χ0) is 23.4. The minimum Gasteiger partial charge on any atom is -0.325 e. The molecule has 0 spiro atoms. The van der Waals surface area contributed by atoms with Gasteiger partial charge in [-0.3, -0.25) is 9.59 Å². The predicted octanol–water partition coefficient (Wildman–Crippen LogP) is 3.29. The first-order chi connectivity index (χ1) is 16.0. The minimum atomic E-state index is -1.08. The van der Waals surface area contributed by atoms with Gasteiger partial charge in [0.25, 0.3) is 5.91 Å². The van der Waals surface area contributed by atoms with E-state index in [1.54, 1.807) is 4.90 Å². The summed E-state index contributed by atoms with van der Waals surface area (Å²) in [6, 6.07) is 26.0. The molecule has 1 aliphatic heterocycles. The number of hydrogen-bond donors (Lipinski definition) is 2. The van der Waals surface area contributed by atoms with Crippen LogP contribution in [0.5, 0.6) is 0 Å². The number of para-hydroxylation sites is 1. The lowest BCUT2D eigenvalue weighted by Crippen LogP contribution is -2.53. The molecule has 0 aliphatic carbocycles. The van der Waals surface area contributed by atoms with Crippen LogP contribution in [0.3, 0.4) is 0 Å². The highest BCUT2D eigenvalue weighted by atomic mass is 16.2. The Balaban J connectivity index is 1.71. The summed E-state index contributed by atoms with van der Waals surface area (Å²) in [5.41, 5.74) is 10.3. The number of amides is 2. The highest BCUT2D eigenvalue weighted by Crippen LogP contribution is 2.29. The molecule has 0 fully saturated rings. The van der Waals surface area contributed by atoms with Crippen LogP contribution in [0.2, 0.25) is 0 Å². The smallest absolute Gasteiger partial charge is 0.272 e. The third kappa shape index (κ3) is 4.86. The van der Waals surface area contributed by atoms with E-state index in [0.29, 0.717) is 12.1 Å². The van der Waals surface area contributed by atoms with Gasteiger partial charge < -0.3 is 16.0 Å². The Bertz CT molecular complexity index is 1160. The molecule has 0 saturated heterocycles. The van der Waals surface area contributed by atoms with Crippen molar-refractivity contribution in [3.05, 3.63) is 102 Å².